The lowest BCUT2D eigenvalue weighted by atomic mass is 9.96. The number of ether oxygens (including phenoxy) is 7. The summed E-state index contributed by atoms with van der Waals surface area (Å²) < 4.78 is 207. The van der Waals surface area contributed by atoms with Gasteiger partial charge in [-0.3, -0.25) is 0 Å². The van der Waals surface area contributed by atoms with E-state index in [9.17, 15) is 61.5 Å². The fraction of sp³-hybridized carbons (Fsp3) is 1.00. The van der Waals surface area contributed by atoms with Crippen molar-refractivity contribution in [2.75, 3.05) is 111 Å². The molecule has 0 amide bonds. The first-order chi connectivity index (χ1) is 26.5. The predicted molar refractivity (Wildman–Crippen MR) is 183 cm³/mol. The minimum absolute atomic E-state index is 0.0312. The molecule has 24 heteroatoms. The maximum atomic E-state index is 13.0. The van der Waals surface area contributed by atoms with Crippen LogP contribution in [-0.4, -0.2) is 157 Å². The summed E-state index contributed by atoms with van der Waals surface area (Å²) in [6.07, 6.45) is -25.8. The summed E-state index contributed by atoms with van der Waals surface area (Å²) in [6, 6.07) is 0. The van der Waals surface area contributed by atoms with E-state index < -0.39 is 61.7 Å². The van der Waals surface area contributed by atoms with Gasteiger partial charge in [0.05, 0.1) is 106 Å². The second-order valence-electron chi connectivity index (χ2n) is 11.6. The van der Waals surface area contributed by atoms with Gasteiger partial charge in [-0.05, 0) is 32.1 Å². The Bertz CT molecular complexity index is 789. The van der Waals surface area contributed by atoms with Gasteiger partial charge in [0.25, 0.3) is 11.3 Å². The van der Waals surface area contributed by atoms with Crippen LogP contribution in [0.15, 0.2) is 0 Å². The summed E-state index contributed by atoms with van der Waals surface area (Å²) in [5, 5.41) is 17.5. The highest BCUT2D eigenvalue weighted by Crippen LogP contribution is 2.50. The van der Waals surface area contributed by atoms with Crippen molar-refractivity contribution < 1.29 is 105 Å². The van der Waals surface area contributed by atoms with Crippen LogP contribution in [0.5, 0.6) is 0 Å². The zero-order valence-corrected chi connectivity index (χ0v) is 33.4. The van der Waals surface area contributed by atoms with E-state index in [1.165, 1.54) is 0 Å². The van der Waals surface area contributed by atoms with Gasteiger partial charge in [-0.25, -0.2) is 8.78 Å². The van der Waals surface area contributed by atoms with Crippen molar-refractivity contribution >= 4 is 15.9 Å². The Balaban J connectivity index is -0.000000800. The predicted octanol–water partition coefficient (Wildman–Crippen LogP) is 8.65. The van der Waals surface area contributed by atoms with Crippen LogP contribution in [0.1, 0.15) is 64.7 Å². The largest absolute Gasteiger partial charge is 0.431 e. The molecule has 0 aliphatic heterocycles. The molecule has 0 spiro atoms. The highest BCUT2D eigenvalue weighted by molar-refractivity contribution is 9.09. The van der Waals surface area contributed by atoms with Gasteiger partial charge in [-0.1, -0.05) is 48.5 Å². The van der Waals surface area contributed by atoms with Crippen LogP contribution in [0.4, 0.5) is 61.5 Å². The zero-order valence-electron chi connectivity index (χ0n) is 31.8. The van der Waals surface area contributed by atoms with Crippen LogP contribution in [0.2, 0.25) is 0 Å². The van der Waals surface area contributed by atoms with E-state index in [0.717, 1.165) is 0 Å². The molecule has 0 atom stereocenters. The van der Waals surface area contributed by atoms with E-state index in [0.29, 0.717) is 117 Å². The maximum Gasteiger partial charge on any atom is 0.431 e. The van der Waals surface area contributed by atoms with Gasteiger partial charge in [-0.15, -0.1) is 0 Å². The Kier molecular flexibility index (Phi) is 36.9. The average Bonchev–Trinajstić information content (AvgIpc) is 3.11. The highest BCUT2D eigenvalue weighted by atomic mass is 79.9. The van der Waals surface area contributed by atoms with E-state index >= 15 is 0 Å². The molecule has 57 heavy (non-hydrogen) atoms. The Hall–Kier alpha value is -0.860. The molecule has 0 aliphatic carbocycles. The number of rotatable bonds is 32. The van der Waals surface area contributed by atoms with E-state index in [1.54, 1.807) is 6.92 Å². The van der Waals surface area contributed by atoms with E-state index in [2.05, 4.69) is 15.9 Å². The number of hydrogen-bond acceptors (Lipinski definition) is 9. The van der Waals surface area contributed by atoms with Crippen LogP contribution in [0, 0.1) is 0 Å². The number of halogens is 15. The third kappa shape index (κ3) is 30.8. The molecule has 0 heterocycles. The Morgan fingerprint density at radius 2 is 0.579 bits per heavy atom. The number of alkyl halides is 15. The topological polar surface area (TPSA) is 105 Å². The van der Waals surface area contributed by atoms with Crippen LogP contribution >= 0.6 is 15.9 Å². The van der Waals surface area contributed by atoms with Crippen LogP contribution in [-0.2, 0) is 33.2 Å². The maximum absolute atomic E-state index is 13.0. The quantitative estimate of drug-likeness (QED) is 0.0390. The van der Waals surface area contributed by atoms with Crippen LogP contribution < -0.4 is 0 Å². The first-order valence-electron chi connectivity index (χ1n) is 18.0. The monoisotopic (exact) mass is 942 g/mol. The van der Waals surface area contributed by atoms with E-state index in [4.69, 9.17) is 43.4 Å². The Morgan fingerprint density at radius 1 is 0.351 bits per heavy atom. The lowest BCUT2D eigenvalue weighted by molar-refractivity contribution is -0.344. The molecule has 0 aromatic rings. The van der Waals surface area contributed by atoms with Gasteiger partial charge >= 0.3 is 24.7 Å². The molecule has 0 radical (unpaired) electrons. The molecule has 0 aromatic heterocycles. The van der Waals surface area contributed by atoms with Crippen LogP contribution in [0.25, 0.3) is 0 Å². The third-order valence-electron chi connectivity index (χ3n) is 7.03. The molecule has 0 saturated carbocycles. The van der Waals surface area contributed by atoms with Gasteiger partial charge in [0.2, 0.25) is 0 Å². The van der Waals surface area contributed by atoms with Crippen molar-refractivity contribution in [3.05, 3.63) is 0 Å². The van der Waals surface area contributed by atoms with Gasteiger partial charge in [0.15, 0.2) is 0 Å². The molecule has 0 rings (SSSR count). The van der Waals surface area contributed by atoms with Crippen molar-refractivity contribution in [1.82, 2.24) is 0 Å². The van der Waals surface area contributed by atoms with Crippen molar-refractivity contribution in [2.24, 2.45) is 0 Å². The fourth-order valence-electron chi connectivity index (χ4n) is 3.87. The van der Waals surface area contributed by atoms with E-state index in [-0.39, 0.29) is 26.1 Å². The summed E-state index contributed by atoms with van der Waals surface area (Å²) in [4.78, 5) is 0. The molecule has 9 nitrogen and oxygen atoms in total. The summed E-state index contributed by atoms with van der Waals surface area (Å²) in [6.45, 7) is 8.55. The summed E-state index contributed by atoms with van der Waals surface area (Å²) in [5.41, 5.74) is -10.2. The van der Waals surface area contributed by atoms with Crippen molar-refractivity contribution in [3.8, 4) is 0 Å². The SMILES string of the molecule is CCCCCCC(F)(C(F)(F)F)C(F)(F)F.FC(F)(F)C(F)(CCCCCBr)C(F)(F)F.OCCOCCOCCOCCOCCOCCOCCOCCO. The molecule has 0 fully saturated rings. The van der Waals surface area contributed by atoms with Crippen molar-refractivity contribution in [3.63, 3.8) is 0 Å². The summed E-state index contributed by atoms with van der Waals surface area (Å²) in [7, 11) is 0. The van der Waals surface area contributed by atoms with Gasteiger partial charge in [-0.2, -0.15) is 52.7 Å². The number of unbranched alkanes of at least 4 members (excludes halogenated alkanes) is 5. The molecule has 2 N–H and O–H groups in total. The normalized spacial score (nSPS) is 12.9. The molecule has 0 saturated heterocycles. The summed E-state index contributed by atoms with van der Waals surface area (Å²) >= 11 is 2.97. The van der Waals surface area contributed by atoms with E-state index in [1.807, 2.05) is 0 Å². The first-order valence-corrected chi connectivity index (χ1v) is 19.1. The second-order valence-corrected chi connectivity index (χ2v) is 12.4. The van der Waals surface area contributed by atoms with Crippen molar-refractivity contribution in [2.45, 2.75) is 101 Å². The number of aliphatic hydroxyl groups is 2. The third-order valence-corrected chi connectivity index (χ3v) is 7.59. The Morgan fingerprint density at radius 3 is 0.772 bits per heavy atom. The molecule has 0 bridgehead atoms. The summed E-state index contributed by atoms with van der Waals surface area (Å²) in [5.74, 6) is 0. The Labute approximate surface area is 332 Å². The van der Waals surface area contributed by atoms with Gasteiger partial charge in [0, 0.05) is 5.33 Å². The van der Waals surface area contributed by atoms with Gasteiger partial charge in [0.1, 0.15) is 0 Å². The first kappa shape index (κ1) is 60.4. The smallest absolute Gasteiger partial charge is 0.394 e. The average molecular weight is 944 g/mol. The molecule has 0 aliphatic rings. The highest BCUT2D eigenvalue weighted by Gasteiger charge is 2.72. The lowest BCUT2D eigenvalue weighted by Crippen LogP contribution is -2.53. The van der Waals surface area contributed by atoms with Gasteiger partial charge < -0.3 is 43.4 Å². The second kappa shape index (κ2) is 34.8. The molecule has 348 valence electrons. The van der Waals surface area contributed by atoms with Crippen molar-refractivity contribution in [1.29, 1.82) is 0 Å². The molecular formula is C33H57BrF14O9. The molecule has 0 aromatic carbocycles. The zero-order chi connectivity index (χ0) is 44.3. The minimum Gasteiger partial charge on any atom is -0.394 e. The fourth-order valence-corrected chi connectivity index (χ4v) is 4.27. The number of aliphatic hydroxyl groups excluding tert-OH is 2. The standard InChI is InChI=1S/C16H34O9.C9H13F7.C8H10BrF7/c17-1-3-19-5-7-21-9-11-23-13-15-25-16-14-24-12-10-22-8-6-20-4-2-18;1-2-3-4-5-6-7(10,8(11,12)13)9(14,15)16;9-5-3-1-2-4-6(10,7(11,12)13)8(14,15)16/h17-18H,1-16H2;2-6H2,1H3;1-5H2. The molecule has 0 unspecified atom stereocenters. The molecular weight excluding hydrogens is 886 g/mol. The minimum atomic E-state index is -5.92. The van der Waals surface area contributed by atoms with Crippen LogP contribution in [0.3, 0.4) is 0 Å². The number of hydrogen-bond donors (Lipinski definition) is 2. The lowest BCUT2D eigenvalue weighted by Gasteiger charge is -2.29.